The van der Waals surface area contributed by atoms with E-state index in [0.29, 0.717) is 6.04 Å². The molecule has 2 aromatic rings. The average Bonchev–Trinajstić information content (AvgIpc) is 2.91. The highest BCUT2D eigenvalue weighted by Gasteiger charge is 2.17. The Balaban J connectivity index is 1.54. The number of rotatable bonds is 5. The van der Waals surface area contributed by atoms with Crippen LogP contribution in [0, 0.1) is 0 Å². The van der Waals surface area contributed by atoms with E-state index < -0.39 is 0 Å². The third kappa shape index (κ3) is 3.44. The number of hydrogen-bond acceptors (Lipinski definition) is 3. The maximum atomic E-state index is 4.24. The molecule has 1 aromatic carbocycles. The molecule has 3 rings (SSSR count). The van der Waals surface area contributed by atoms with Gasteiger partial charge in [-0.25, -0.2) is 0 Å². The first-order valence-electron chi connectivity index (χ1n) is 7.30. The minimum Gasteiger partial charge on any atom is -0.309 e. The maximum Gasteiger partial charge on any atom is 0.0489 e. The molecular formula is C16H21N3S. The van der Waals surface area contributed by atoms with Crippen LogP contribution in [-0.4, -0.2) is 27.8 Å². The summed E-state index contributed by atoms with van der Waals surface area (Å²) in [6.07, 6.45) is 6.18. The highest BCUT2D eigenvalue weighted by molar-refractivity contribution is 7.99. The van der Waals surface area contributed by atoms with E-state index >= 15 is 0 Å². The number of thioether (sulfide) groups is 1. The highest BCUT2D eigenvalue weighted by atomic mass is 32.2. The Morgan fingerprint density at radius 2 is 2.25 bits per heavy atom. The number of aromatic nitrogens is 2. The van der Waals surface area contributed by atoms with Crippen LogP contribution in [0.4, 0.5) is 0 Å². The molecule has 1 atom stereocenters. The largest absolute Gasteiger partial charge is 0.309 e. The minimum absolute atomic E-state index is 0.497. The van der Waals surface area contributed by atoms with E-state index in [1.54, 1.807) is 0 Å². The van der Waals surface area contributed by atoms with Crippen LogP contribution in [0.5, 0.6) is 0 Å². The Labute approximate surface area is 124 Å². The predicted molar refractivity (Wildman–Crippen MR) is 85.1 cm³/mol. The highest BCUT2D eigenvalue weighted by Crippen LogP contribution is 2.27. The van der Waals surface area contributed by atoms with Gasteiger partial charge in [0.2, 0.25) is 0 Å². The van der Waals surface area contributed by atoms with Crippen molar-refractivity contribution in [2.75, 3.05) is 18.1 Å². The molecule has 0 amide bonds. The Morgan fingerprint density at radius 3 is 3.15 bits per heavy atom. The number of nitrogens with zero attached hydrogens (tertiary/aromatic N) is 2. The fourth-order valence-electron chi connectivity index (χ4n) is 2.69. The topological polar surface area (TPSA) is 29.9 Å². The molecule has 0 radical (unpaired) electrons. The monoisotopic (exact) mass is 287 g/mol. The molecule has 106 valence electrons. The van der Waals surface area contributed by atoms with Crippen molar-refractivity contribution < 1.29 is 0 Å². The van der Waals surface area contributed by atoms with Crippen molar-refractivity contribution in [3.8, 4) is 0 Å². The molecule has 4 heteroatoms. The van der Waals surface area contributed by atoms with E-state index in [1.165, 1.54) is 29.1 Å². The van der Waals surface area contributed by atoms with Gasteiger partial charge in [-0.05, 0) is 42.3 Å². The zero-order valence-corrected chi connectivity index (χ0v) is 12.5. The summed E-state index contributed by atoms with van der Waals surface area (Å²) in [7, 11) is 0. The summed E-state index contributed by atoms with van der Waals surface area (Å²) >= 11 is 2.06. The Hall–Kier alpha value is -1.26. The first kappa shape index (κ1) is 13.7. The lowest BCUT2D eigenvalue weighted by Gasteiger charge is -2.19. The summed E-state index contributed by atoms with van der Waals surface area (Å²) in [5.74, 6) is 2.42. The van der Waals surface area contributed by atoms with Crippen LogP contribution in [0.3, 0.4) is 0 Å². The number of benzene rings is 1. The number of nitrogens with one attached hydrogen (secondary N) is 1. The van der Waals surface area contributed by atoms with Gasteiger partial charge < -0.3 is 5.32 Å². The maximum absolute atomic E-state index is 4.24. The smallest absolute Gasteiger partial charge is 0.0489 e. The van der Waals surface area contributed by atoms with Crippen LogP contribution < -0.4 is 5.32 Å². The lowest BCUT2D eigenvalue weighted by atomic mass is 10.00. The molecule has 0 saturated heterocycles. The van der Waals surface area contributed by atoms with Gasteiger partial charge in [0.1, 0.15) is 0 Å². The zero-order valence-electron chi connectivity index (χ0n) is 11.7. The van der Waals surface area contributed by atoms with Crippen LogP contribution in [0.25, 0.3) is 0 Å². The van der Waals surface area contributed by atoms with Crippen LogP contribution in [-0.2, 0) is 13.0 Å². The van der Waals surface area contributed by atoms with Gasteiger partial charge in [-0.1, -0.05) is 24.3 Å². The lowest BCUT2D eigenvalue weighted by Crippen LogP contribution is -2.25. The summed E-state index contributed by atoms with van der Waals surface area (Å²) in [6, 6.07) is 11.4. The van der Waals surface area contributed by atoms with E-state index in [4.69, 9.17) is 0 Å². The van der Waals surface area contributed by atoms with Crippen LogP contribution >= 0.6 is 11.8 Å². The Kier molecular flexibility index (Phi) is 4.77. The minimum atomic E-state index is 0.497. The molecule has 0 fully saturated rings. The SMILES string of the molecule is c1ccc2c(c1)CCSC[C@H]2NCCCn1cccn1. The van der Waals surface area contributed by atoms with Gasteiger partial charge in [0.15, 0.2) is 0 Å². The molecular weight excluding hydrogens is 266 g/mol. The molecule has 3 nitrogen and oxygen atoms in total. The van der Waals surface area contributed by atoms with E-state index in [9.17, 15) is 0 Å². The molecule has 0 spiro atoms. The van der Waals surface area contributed by atoms with Crippen LogP contribution in [0.2, 0.25) is 0 Å². The van der Waals surface area contributed by atoms with E-state index in [-0.39, 0.29) is 0 Å². The fraction of sp³-hybridized carbons (Fsp3) is 0.438. The Bertz CT molecular complexity index is 524. The molecule has 1 N–H and O–H groups in total. The van der Waals surface area contributed by atoms with Crippen molar-refractivity contribution in [2.45, 2.75) is 25.4 Å². The lowest BCUT2D eigenvalue weighted by molar-refractivity contribution is 0.509. The second kappa shape index (κ2) is 6.95. The van der Waals surface area contributed by atoms with E-state index in [1.807, 2.05) is 23.1 Å². The van der Waals surface area contributed by atoms with Gasteiger partial charge >= 0.3 is 0 Å². The third-order valence-corrected chi connectivity index (χ3v) is 4.81. The normalized spacial score (nSPS) is 18.5. The molecule has 0 bridgehead atoms. The van der Waals surface area contributed by atoms with Crippen LogP contribution in [0.15, 0.2) is 42.7 Å². The van der Waals surface area contributed by atoms with Gasteiger partial charge in [0.05, 0.1) is 0 Å². The van der Waals surface area contributed by atoms with Crippen molar-refractivity contribution in [3.63, 3.8) is 0 Å². The summed E-state index contributed by atoms with van der Waals surface area (Å²) in [5.41, 5.74) is 3.01. The molecule has 0 unspecified atom stereocenters. The summed E-state index contributed by atoms with van der Waals surface area (Å²) in [4.78, 5) is 0. The van der Waals surface area contributed by atoms with Gasteiger partial charge in [0.25, 0.3) is 0 Å². The number of aryl methyl sites for hydroxylation is 2. The van der Waals surface area contributed by atoms with Gasteiger partial charge in [-0.15, -0.1) is 0 Å². The third-order valence-electron chi connectivity index (χ3n) is 3.74. The first-order chi connectivity index (χ1) is 9.93. The summed E-state index contributed by atoms with van der Waals surface area (Å²) in [5, 5.41) is 7.95. The van der Waals surface area contributed by atoms with Crippen LogP contribution in [0.1, 0.15) is 23.6 Å². The van der Waals surface area contributed by atoms with E-state index in [2.05, 4.69) is 46.4 Å². The fourth-order valence-corrected chi connectivity index (χ4v) is 3.76. The van der Waals surface area contributed by atoms with Crippen molar-refractivity contribution >= 4 is 11.8 Å². The van der Waals surface area contributed by atoms with Crippen molar-refractivity contribution in [1.82, 2.24) is 15.1 Å². The average molecular weight is 287 g/mol. The quantitative estimate of drug-likeness (QED) is 0.858. The molecule has 1 aliphatic heterocycles. The van der Waals surface area contributed by atoms with Gasteiger partial charge in [-0.3, -0.25) is 4.68 Å². The summed E-state index contributed by atoms with van der Waals surface area (Å²) < 4.78 is 2.00. The molecule has 20 heavy (non-hydrogen) atoms. The Morgan fingerprint density at radius 1 is 1.30 bits per heavy atom. The molecule has 2 heterocycles. The standard InChI is InChI=1S/C16H21N3S/c1-2-6-15-14(5-1)7-12-20-13-16(15)17-8-3-10-19-11-4-9-18-19/h1-2,4-6,9,11,16-17H,3,7-8,10,12-13H2/t16-/m1/s1. The predicted octanol–water partition coefficient (Wildman–Crippen LogP) is 2.89. The van der Waals surface area contributed by atoms with Gasteiger partial charge in [-0.2, -0.15) is 16.9 Å². The number of fused-ring (bicyclic) bond motifs is 1. The van der Waals surface area contributed by atoms with E-state index in [0.717, 1.165) is 19.5 Å². The molecule has 0 aliphatic carbocycles. The van der Waals surface area contributed by atoms with Crippen molar-refractivity contribution in [1.29, 1.82) is 0 Å². The number of hydrogen-bond donors (Lipinski definition) is 1. The van der Waals surface area contributed by atoms with Crippen molar-refractivity contribution in [2.24, 2.45) is 0 Å². The van der Waals surface area contributed by atoms with Crippen molar-refractivity contribution in [3.05, 3.63) is 53.9 Å². The summed E-state index contributed by atoms with van der Waals surface area (Å²) in [6.45, 7) is 2.03. The second-order valence-electron chi connectivity index (χ2n) is 5.15. The molecule has 1 aromatic heterocycles. The molecule has 1 aliphatic rings. The zero-order chi connectivity index (χ0) is 13.6. The van der Waals surface area contributed by atoms with Gasteiger partial charge in [0, 0.05) is 30.7 Å². The second-order valence-corrected chi connectivity index (χ2v) is 6.30. The first-order valence-corrected chi connectivity index (χ1v) is 8.45. The molecule has 0 saturated carbocycles.